The van der Waals surface area contributed by atoms with Crippen LogP contribution in [0.5, 0.6) is 0 Å². The molecule has 168 valence electrons. The number of aromatic amines is 1. The number of methoxy groups -OCH3 is 1. The minimum Gasteiger partial charge on any atom is -0.385 e. The van der Waals surface area contributed by atoms with Gasteiger partial charge in [0.15, 0.2) is 0 Å². The second kappa shape index (κ2) is 13.3. The van der Waals surface area contributed by atoms with Crippen molar-refractivity contribution in [1.82, 2.24) is 15.2 Å². The van der Waals surface area contributed by atoms with Crippen LogP contribution in [0.2, 0.25) is 0 Å². The zero-order valence-corrected chi connectivity index (χ0v) is 18.3. The van der Waals surface area contributed by atoms with Crippen LogP contribution in [-0.2, 0) is 9.53 Å². The van der Waals surface area contributed by atoms with E-state index in [4.69, 9.17) is 10.3 Å². The fourth-order valence-corrected chi connectivity index (χ4v) is 3.43. The van der Waals surface area contributed by atoms with E-state index in [1.165, 1.54) is 0 Å². The van der Waals surface area contributed by atoms with Crippen molar-refractivity contribution < 1.29 is 14.3 Å². The van der Waals surface area contributed by atoms with Gasteiger partial charge in [0.2, 0.25) is 5.91 Å². The summed E-state index contributed by atoms with van der Waals surface area (Å²) in [6.45, 7) is 3.97. The molecule has 2 amide bonds. The van der Waals surface area contributed by atoms with Crippen molar-refractivity contribution >= 4 is 22.7 Å². The summed E-state index contributed by atoms with van der Waals surface area (Å²) >= 11 is 0. The van der Waals surface area contributed by atoms with Crippen molar-refractivity contribution in [3.05, 3.63) is 46.5 Å². The van der Waals surface area contributed by atoms with E-state index in [0.717, 1.165) is 30.2 Å². The second-order valence-corrected chi connectivity index (χ2v) is 7.42. The summed E-state index contributed by atoms with van der Waals surface area (Å²) in [5.74, 6) is -0.523. The molecule has 9 nitrogen and oxygen atoms in total. The second-order valence-electron chi connectivity index (χ2n) is 7.42. The molecule has 0 aliphatic carbocycles. The van der Waals surface area contributed by atoms with Gasteiger partial charge in [-0.25, -0.2) is 0 Å². The average Bonchev–Trinajstić information content (AvgIpc) is 3.22. The Kier molecular flexibility index (Phi) is 10.4. The first kappa shape index (κ1) is 24.2. The Bertz CT molecular complexity index is 847. The summed E-state index contributed by atoms with van der Waals surface area (Å²) in [5, 5.41) is 7.31. The maximum atomic E-state index is 13.3. The molecule has 1 heterocycles. The third kappa shape index (κ3) is 7.62. The molecule has 2 rings (SSSR count). The number of carbonyl (C=O) groups excluding carboxylic acids is 2. The number of hydrogen-bond donors (Lipinski definition) is 2. The predicted molar refractivity (Wildman–Crippen MR) is 121 cm³/mol. The third-order valence-corrected chi connectivity index (χ3v) is 5.08. The number of amides is 2. The first-order valence-electron chi connectivity index (χ1n) is 10.8. The van der Waals surface area contributed by atoms with Gasteiger partial charge in [0, 0.05) is 49.2 Å². The SMILES string of the molecule is CCCCCN(CCCOC)C(=O)[C@H](CCN=[N+]=[N-])NC(=O)c1cc2ccccc2[nH]1. The van der Waals surface area contributed by atoms with Gasteiger partial charge >= 0.3 is 0 Å². The lowest BCUT2D eigenvalue weighted by atomic mass is 10.1. The van der Waals surface area contributed by atoms with Gasteiger partial charge in [-0.05, 0) is 36.9 Å². The molecule has 1 aromatic carbocycles. The van der Waals surface area contributed by atoms with Crippen LogP contribution in [0.15, 0.2) is 35.4 Å². The quantitative estimate of drug-likeness (QED) is 0.204. The van der Waals surface area contributed by atoms with Gasteiger partial charge in [0.1, 0.15) is 11.7 Å². The maximum Gasteiger partial charge on any atom is 0.268 e. The van der Waals surface area contributed by atoms with E-state index in [2.05, 4.69) is 27.3 Å². The van der Waals surface area contributed by atoms with Crippen molar-refractivity contribution in [3.8, 4) is 0 Å². The molecule has 31 heavy (non-hydrogen) atoms. The minimum atomic E-state index is -0.770. The Balaban J connectivity index is 2.14. The molecule has 1 atom stereocenters. The van der Waals surface area contributed by atoms with Crippen molar-refractivity contribution in [1.29, 1.82) is 0 Å². The molecular weight excluding hydrogens is 396 g/mol. The van der Waals surface area contributed by atoms with E-state index in [1.54, 1.807) is 18.1 Å². The highest BCUT2D eigenvalue weighted by Crippen LogP contribution is 2.15. The Hall–Kier alpha value is -3.03. The smallest absolute Gasteiger partial charge is 0.268 e. The van der Waals surface area contributed by atoms with Crippen LogP contribution in [0.1, 0.15) is 49.5 Å². The van der Waals surface area contributed by atoms with E-state index >= 15 is 0 Å². The van der Waals surface area contributed by atoms with E-state index in [-0.39, 0.29) is 24.8 Å². The van der Waals surface area contributed by atoms with Gasteiger partial charge in [0.25, 0.3) is 5.91 Å². The molecular formula is C22H32N6O3. The molecule has 0 saturated carbocycles. The number of azide groups is 1. The number of nitrogens with one attached hydrogen (secondary N) is 2. The van der Waals surface area contributed by atoms with Gasteiger partial charge in [-0.2, -0.15) is 0 Å². The molecule has 0 aliphatic heterocycles. The van der Waals surface area contributed by atoms with Crippen molar-refractivity contribution in [3.63, 3.8) is 0 Å². The molecule has 0 spiro atoms. The van der Waals surface area contributed by atoms with Gasteiger partial charge < -0.3 is 19.9 Å². The highest BCUT2D eigenvalue weighted by Gasteiger charge is 2.26. The van der Waals surface area contributed by atoms with Crippen LogP contribution in [0, 0.1) is 0 Å². The number of unbranched alkanes of at least 4 members (excludes halogenated alkanes) is 2. The largest absolute Gasteiger partial charge is 0.385 e. The minimum absolute atomic E-state index is 0.126. The Morgan fingerprint density at radius 2 is 2.03 bits per heavy atom. The number of nitrogens with zero attached hydrogens (tertiary/aromatic N) is 4. The average molecular weight is 429 g/mol. The highest BCUT2D eigenvalue weighted by atomic mass is 16.5. The number of rotatable bonds is 14. The van der Waals surface area contributed by atoms with Crippen LogP contribution in [0.25, 0.3) is 21.3 Å². The molecule has 0 unspecified atom stereocenters. The molecule has 1 aromatic heterocycles. The third-order valence-electron chi connectivity index (χ3n) is 5.08. The van der Waals surface area contributed by atoms with E-state index in [9.17, 15) is 9.59 Å². The Labute approximate surface area is 182 Å². The van der Waals surface area contributed by atoms with Crippen molar-refractivity contribution in [2.45, 2.75) is 45.1 Å². The van der Waals surface area contributed by atoms with Gasteiger partial charge in [-0.3, -0.25) is 9.59 Å². The van der Waals surface area contributed by atoms with E-state index in [0.29, 0.717) is 31.8 Å². The van der Waals surface area contributed by atoms with Crippen LogP contribution in [0.4, 0.5) is 0 Å². The summed E-state index contributed by atoms with van der Waals surface area (Å²) < 4.78 is 5.12. The Morgan fingerprint density at radius 1 is 1.26 bits per heavy atom. The number of hydrogen-bond acceptors (Lipinski definition) is 4. The molecule has 0 saturated heterocycles. The molecule has 2 N–H and O–H groups in total. The number of H-pyrrole nitrogens is 1. The Morgan fingerprint density at radius 3 is 2.74 bits per heavy atom. The lowest BCUT2D eigenvalue weighted by Crippen LogP contribution is -2.49. The van der Waals surface area contributed by atoms with Crippen molar-refractivity contribution in [2.24, 2.45) is 5.11 Å². The van der Waals surface area contributed by atoms with Crippen LogP contribution < -0.4 is 5.32 Å². The lowest BCUT2D eigenvalue weighted by molar-refractivity contribution is -0.133. The maximum absolute atomic E-state index is 13.3. The first-order valence-corrected chi connectivity index (χ1v) is 10.8. The number of para-hydroxylation sites is 1. The molecule has 0 fully saturated rings. The van der Waals surface area contributed by atoms with Crippen LogP contribution in [0.3, 0.4) is 0 Å². The highest BCUT2D eigenvalue weighted by molar-refractivity contribution is 6.00. The predicted octanol–water partition coefficient (Wildman–Crippen LogP) is 4.02. The van der Waals surface area contributed by atoms with Crippen LogP contribution in [-0.4, -0.2) is 61.1 Å². The topological polar surface area (TPSA) is 123 Å². The summed E-state index contributed by atoms with van der Waals surface area (Å²) in [5.41, 5.74) is 9.85. The molecule has 9 heteroatoms. The van der Waals surface area contributed by atoms with Gasteiger partial charge in [-0.15, -0.1) is 0 Å². The monoisotopic (exact) mass is 428 g/mol. The standard InChI is InChI=1S/C22H32N6O3/c1-3-4-7-13-28(14-8-15-31-2)22(30)19(11-12-24-27-23)26-21(29)20-16-17-9-5-6-10-18(17)25-20/h5-6,9-10,16,19,25H,3-4,7-8,11-15H2,1-2H3,(H,26,29)/t19-/m0/s1. The molecule has 0 radical (unpaired) electrons. The lowest BCUT2D eigenvalue weighted by Gasteiger charge is -2.28. The fourth-order valence-electron chi connectivity index (χ4n) is 3.43. The van der Waals surface area contributed by atoms with Crippen molar-refractivity contribution in [2.75, 3.05) is 33.4 Å². The number of ether oxygens (including phenoxy) is 1. The summed E-state index contributed by atoms with van der Waals surface area (Å²) in [6.07, 6.45) is 3.93. The normalized spacial score (nSPS) is 11.7. The molecule has 0 aliphatic rings. The first-order chi connectivity index (χ1) is 15.1. The summed E-state index contributed by atoms with van der Waals surface area (Å²) in [4.78, 5) is 33.8. The zero-order chi connectivity index (χ0) is 22.5. The van der Waals surface area contributed by atoms with E-state index in [1.807, 2.05) is 24.3 Å². The number of carbonyl (C=O) groups is 2. The van der Waals surface area contributed by atoms with Gasteiger partial charge in [-0.1, -0.05) is 43.1 Å². The number of fused-ring (bicyclic) bond motifs is 1. The molecule has 2 aromatic rings. The van der Waals surface area contributed by atoms with Gasteiger partial charge in [0.05, 0.1) is 0 Å². The fraction of sp³-hybridized carbons (Fsp3) is 0.545. The molecule has 0 bridgehead atoms. The summed E-state index contributed by atoms with van der Waals surface area (Å²) in [7, 11) is 1.63. The number of aromatic nitrogens is 1. The van der Waals surface area contributed by atoms with E-state index < -0.39 is 6.04 Å². The zero-order valence-electron chi connectivity index (χ0n) is 18.3. The van der Waals surface area contributed by atoms with Crippen LogP contribution >= 0.6 is 0 Å². The number of benzene rings is 1. The summed E-state index contributed by atoms with van der Waals surface area (Å²) in [6, 6.07) is 8.59.